The average Bonchev–Trinajstić information content (AvgIpc) is 2.12. The molecule has 0 aliphatic carbocycles. The first kappa shape index (κ1) is 7.18. The van der Waals surface area contributed by atoms with Crippen molar-refractivity contribution in [1.82, 2.24) is 0 Å². The van der Waals surface area contributed by atoms with Crippen molar-refractivity contribution in [1.29, 1.82) is 0 Å². The van der Waals surface area contributed by atoms with Crippen LogP contribution in [0.2, 0.25) is 0 Å². The number of rotatable bonds is 1. The minimum absolute atomic E-state index is 0. The second kappa shape index (κ2) is 3.22. The largest absolute Gasteiger partial charge is 0.394 e. The van der Waals surface area contributed by atoms with Crippen LogP contribution in [0.5, 0.6) is 0 Å². The Morgan fingerprint density at radius 2 is 2.33 bits per heavy atom. The summed E-state index contributed by atoms with van der Waals surface area (Å²) in [6, 6.07) is 0. The Balaban J connectivity index is 0.000000250. The maximum atomic E-state index is 8.08. The molecule has 1 heterocycles. The Morgan fingerprint density at radius 1 is 1.83 bits per heavy atom. The second-order valence-corrected chi connectivity index (χ2v) is 1.14. The number of hydrogen-bond acceptors (Lipinski definition) is 2. The Labute approximate surface area is 66.5 Å². The van der Waals surface area contributed by atoms with Gasteiger partial charge in [-0.3, -0.25) is 0 Å². The Bertz CT molecular complexity index is 35.8. The zero-order valence-corrected chi connectivity index (χ0v) is 3.91. The van der Waals surface area contributed by atoms with Gasteiger partial charge in [-0.1, -0.05) is 0 Å². The zero-order valence-electron chi connectivity index (χ0n) is 3.20. The van der Waals surface area contributed by atoms with Gasteiger partial charge in [0.15, 0.2) is 0 Å². The molecule has 38 valence electrons. The summed E-state index contributed by atoms with van der Waals surface area (Å²) in [5.74, 6) is 0. The van der Waals surface area contributed by atoms with Crippen LogP contribution in [0.1, 0.15) is 0 Å². The van der Waals surface area contributed by atoms with Crippen LogP contribution in [0.25, 0.3) is 0 Å². The number of aliphatic hydroxyl groups excluding tert-OH is 1. The molecular weight excluding hydrogens is 108 g/mol. The average molecular weight is 114 g/mol. The van der Waals surface area contributed by atoms with Crippen molar-refractivity contribution in [2.45, 2.75) is 6.10 Å². The van der Waals surface area contributed by atoms with Gasteiger partial charge in [0.1, 0.15) is 6.10 Å². The third kappa shape index (κ3) is 2.37. The molecule has 0 aromatic rings. The van der Waals surface area contributed by atoms with E-state index < -0.39 is 0 Å². The topological polar surface area (TPSA) is 32.8 Å². The van der Waals surface area contributed by atoms with Gasteiger partial charge in [0.05, 0.1) is 13.2 Å². The van der Waals surface area contributed by atoms with Gasteiger partial charge in [-0.15, -0.1) is 0 Å². The fourth-order valence-corrected chi connectivity index (χ4v) is 0.173. The molecule has 1 rings (SSSR count). The molecule has 0 saturated carbocycles. The van der Waals surface area contributed by atoms with E-state index in [9.17, 15) is 0 Å². The summed E-state index contributed by atoms with van der Waals surface area (Å²) in [7, 11) is 0. The molecule has 0 amide bonds. The fraction of sp³-hybridized carbons (Fsp3) is 1.00. The van der Waals surface area contributed by atoms with Gasteiger partial charge >= 0.3 is 0 Å². The van der Waals surface area contributed by atoms with Gasteiger partial charge in [-0.25, -0.2) is 0 Å². The monoisotopic (exact) mass is 114 g/mol. The molecule has 1 aliphatic rings. The summed E-state index contributed by atoms with van der Waals surface area (Å²) in [5.41, 5.74) is 0. The Hall–Kier alpha value is 1.18. The minimum Gasteiger partial charge on any atom is -0.394 e. The molecule has 1 fully saturated rings. The minimum atomic E-state index is 0. The van der Waals surface area contributed by atoms with Crippen LogP contribution < -0.4 is 0 Å². The second-order valence-electron chi connectivity index (χ2n) is 1.14. The third-order valence-electron chi connectivity index (χ3n) is 0.606. The number of aliphatic hydroxyl groups is 1. The van der Waals surface area contributed by atoms with Crippen molar-refractivity contribution in [2.75, 3.05) is 13.2 Å². The molecule has 0 bridgehead atoms. The van der Waals surface area contributed by atoms with E-state index >= 15 is 0 Å². The molecule has 1 saturated heterocycles. The zero-order chi connectivity index (χ0) is 3.70. The molecule has 3 heteroatoms. The summed E-state index contributed by atoms with van der Waals surface area (Å²) in [4.78, 5) is 0. The summed E-state index contributed by atoms with van der Waals surface area (Å²) < 4.78 is 4.61. The smallest absolute Gasteiger partial charge is 0.104 e. The summed E-state index contributed by atoms with van der Waals surface area (Å²) in [5, 5.41) is 8.08. The number of epoxide rings is 1. The van der Waals surface area contributed by atoms with Crippen LogP contribution in [0.4, 0.5) is 0 Å². The molecule has 0 radical (unpaired) electrons. The van der Waals surface area contributed by atoms with Crippen molar-refractivity contribution in [3.8, 4) is 0 Å². The van der Waals surface area contributed by atoms with Crippen molar-refractivity contribution < 1.29 is 47.6 Å². The molecular formula is C3H6ArO2. The SMILES string of the molecule is OCC1CO1.[Ar]. The quantitative estimate of drug-likeness (QED) is 0.460. The molecule has 1 aliphatic heterocycles. The Morgan fingerprint density at radius 3 is 2.33 bits per heavy atom. The van der Waals surface area contributed by atoms with E-state index in [1.54, 1.807) is 0 Å². The van der Waals surface area contributed by atoms with Crippen LogP contribution >= 0.6 is 0 Å². The van der Waals surface area contributed by atoms with E-state index in [1.165, 1.54) is 0 Å². The molecule has 6 heavy (non-hydrogen) atoms. The van der Waals surface area contributed by atoms with Gasteiger partial charge in [-0.2, -0.15) is 0 Å². The van der Waals surface area contributed by atoms with E-state index in [0.29, 0.717) is 0 Å². The van der Waals surface area contributed by atoms with Crippen LogP contribution in [-0.2, 0) is 4.74 Å². The van der Waals surface area contributed by atoms with Gasteiger partial charge in [-0.05, 0) is 0 Å². The third-order valence-corrected chi connectivity index (χ3v) is 0.606. The van der Waals surface area contributed by atoms with Crippen LogP contribution in [-0.4, -0.2) is 24.4 Å². The first-order valence-corrected chi connectivity index (χ1v) is 1.66. The normalized spacial score (nSPS) is 28.5. The van der Waals surface area contributed by atoms with E-state index in [1.807, 2.05) is 0 Å². The molecule has 1 unspecified atom stereocenters. The maximum Gasteiger partial charge on any atom is 0.104 e. The van der Waals surface area contributed by atoms with E-state index in [-0.39, 0.29) is 50.4 Å². The maximum absolute atomic E-state index is 8.08. The molecule has 0 aromatic heterocycles. The first-order valence-electron chi connectivity index (χ1n) is 1.66. The summed E-state index contributed by atoms with van der Waals surface area (Å²) in [6.45, 7) is 0.955. The standard InChI is InChI=1S/C3H6O2.Ar/c4-1-3-2-5-3;/h3-4H,1-2H2;. The van der Waals surface area contributed by atoms with E-state index in [2.05, 4.69) is 4.74 Å². The first-order chi connectivity index (χ1) is 2.43. The molecule has 1 atom stereocenters. The summed E-state index contributed by atoms with van der Waals surface area (Å²) in [6.07, 6.45) is 0.190. The number of hydrogen-bond donors (Lipinski definition) is 1. The predicted octanol–water partition coefficient (Wildman–Crippen LogP) is -0.623. The predicted molar refractivity (Wildman–Crippen MR) is 16.8 cm³/mol. The van der Waals surface area contributed by atoms with Gasteiger partial charge in [0.25, 0.3) is 0 Å². The molecule has 1 N–H and O–H groups in total. The van der Waals surface area contributed by atoms with Crippen molar-refractivity contribution in [3.63, 3.8) is 0 Å². The van der Waals surface area contributed by atoms with Crippen molar-refractivity contribution in [3.05, 3.63) is 0 Å². The van der Waals surface area contributed by atoms with Crippen LogP contribution in [0.15, 0.2) is 0 Å². The van der Waals surface area contributed by atoms with Crippen LogP contribution in [0.3, 0.4) is 0 Å². The van der Waals surface area contributed by atoms with Crippen LogP contribution in [0, 0.1) is 37.7 Å². The molecule has 0 spiro atoms. The summed E-state index contributed by atoms with van der Waals surface area (Å²) >= 11 is 0. The van der Waals surface area contributed by atoms with Gasteiger partial charge in [0, 0.05) is 37.7 Å². The van der Waals surface area contributed by atoms with Gasteiger partial charge in [0.2, 0.25) is 0 Å². The molecule has 2 nitrogen and oxygen atoms in total. The number of ether oxygens (including phenoxy) is 1. The van der Waals surface area contributed by atoms with Crippen molar-refractivity contribution >= 4 is 0 Å². The van der Waals surface area contributed by atoms with E-state index in [4.69, 9.17) is 5.11 Å². The van der Waals surface area contributed by atoms with Crippen molar-refractivity contribution in [2.24, 2.45) is 0 Å². The van der Waals surface area contributed by atoms with E-state index in [0.717, 1.165) is 6.61 Å². The fourth-order valence-electron chi connectivity index (χ4n) is 0.173. The Kier molecular flexibility index (Phi) is 3.85. The molecule has 0 aromatic carbocycles. The van der Waals surface area contributed by atoms with Gasteiger partial charge < -0.3 is 9.84 Å².